The van der Waals surface area contributed by atoms with Gasteiger partial charge in [-0.25, -0.2) is 0 Å². The van der Waals surface area contributed by atoms with Gasteiger partial charge in [-0.1, -0.05) is 18.2 Å². The fraction of sp³-hybridized carbons (Fsp3) is 0.588. The van der Waals surface area contributed by atoms with Crippen molar-refractivity contribution in [3.8, 4) is 0 Å². The summed E-state index contributed by atoms with van der Waals surface area (Å²) in [7, 11) is 3.85. The summed E-state index contributed by atoms with van der Waals surface area (Å²) in [5.74, 6) is 0.147. The first-order chi connectivity index (χ1) is 9.89. The molecule has 0 bridgehead atoms. The van der Waals surface area contributed by atoms with Crippen LogP contribution in [-0.2, 0) is 9.53 Å². The first-order valence-corrected chi connectivity index (χ1v) is 7.55. The van der Waals surface area contributed by atoms with Crippen LogP contribution in [0.4, 0.5) is 5.69 Å². The van der Waals surface area contributed by atoms with Gasteiger partial charge in [-0.3, -0.25) is 4.79 Å². The molecule has 1 heterocycles. The van der Waals surface area contributed by atoms with E-state index in [1.807, 2.05) is 54.2 Å². The van der Waals surface area contributed by atoms with Crippen LogP contribution in [0.2, 0.25) is 0 Å². The molecule has 1 aliphatic heterocycles. The summed E-state index contributed by atoms with van der Waals surface area (Å²) in [6.07, 6.45) is 1.75. The second kappa shape index (κ2) is 6.58. The molecular formula is C17H26N2O2. The van der Waals surface area contributed by atoms with Crippen molar-refractivity contribution in [1.82, 2.24) is 4.90 Å². The number of carbonyl (C=O) groups is 1. The monoisotopic (exact) mass is 290 g/mol. The van der Waals surface area contributed by atoms with Crippen LogP contribution in [0.1, 0.15) is 26.7 Å². The third kappa shape index (κ3) is 4.29. The molecule has 0 aromatic heterocycles. The Morgan fingerprint density at radius 2 is 1.95 bits per heavy atom. The molecule has 116 valence electrons. The highest BCUT2D eigenvalue weighted by atomic mass is 16.5. The Kier molecular flexibility index (Phi) is 5.01. The molecule has 1 aromatic rings. The molecule has 0 spiro atoms. The molecule has 1 unspecified atom stereocenters. The molecule has 0 saturated carbocycles. The van der Waals surface area contributed by atoms with E-state index >= 15 is 0 Å². The molecule has 4 nitrogen and oxygen atoms in total. The number of carbonyl (C=O) groups excluding carboxylic acids is 1. The summed E-state index contributed by atoms with van der Waals surface area (Å²) < 4.78 is 5.79. The summed E-state index contributed by atoms with van der Waals surface area (Å²) in [6, 6.07) is 10.2. The number of rotatable bonds is 4. The minimum Gasteiger partial charge on any atom is -0.375 e. The van der Waals surface area contributed by atoms with Crippen molar-refractivity contribution in [2.75, 3.05) is 32.1 Å². The minimum atomic E-state index is -0.172. The lowest BCUT2D eigenvalue weighted by Gasteiger charge is -2.41. The molecule has 0 N–H and O–H groups in total. The van der Waals surface area contributed by atoms with E-state index in [4.69, 9.17) is 4.74 Å². The second-order valence-electron chi connectivity index (χ2n) is 6.59. The lowest BCUT2D eigenvalue weighted by Crippen LogP contribution is -2.50. The number of benzene rings is 1. The summed E-state index contributed by atoms with van der Waals surface area (Å²) in [5, 5.41) is 0. The normalized spacial score (nSPS) is 21.3. The zero-order valence-electron chi connectivity index (χ0n) is 13.5. The number of ether oxygens (including phenoxy) is 1. The van der Waals surface area contributed by atoms with Gasteiger partial charge in [-0.05, 0) is 52.9 Å². The molecule has 2 rings (SSSR count). The van der Waals surface area contributed by atoms with Crippen molar-refractivity contribution in [3.63, 3.8) is 0 Å². The van der Waals surface area contributed by atoms with Crippen molar-refractivity contribution >= 4 is 11.6 Å². The molecular weight excluding hydrogens is 264 g/mol. The summed E-state index contributed by atoms with van der Waals surface area (Å²) in [4.78, 5) is 16.6. The Labute approximate surface area is 127 Å². The van der Waals surface area contributed by atoms with E-state index in [0.717, 1.165) is 18.5 Å². The number of hydrogen-bond acceptors (Lipinski definition) is 3. The van der Waals surface area contributed by atoms with Crippen LogP contribution in [0.25, 0.3) is 0 Å². The van der Waals surface area contributed by atoms with Crippen molar-refractivity contribution in [2.45, 2.75) is 38.3 Å². The van der Waals surface area contributed by atoms with E-state index < -0.39 is 0 Å². The minimum absolute atomic E-state index is 0.147. The van der Waals surface area contributed by atoms with Gasteiger partial charge >= 0.3 is 0 Å². The molecule has 1 atom stereocenters. The predicted molar refractivity (Wildman–Crippen MR) is 85.5 cm³/mol. The largest absolute Gasteiger partial charge is 0.375 e. The molecule has 1 aliphatic rings. The third-order valence-electron chi connectivity index (χ3n) is 3.79. The molecule has 4 heteroatoms. The molecule has 1 aromatic carbocycles. The van der Waals surface area contributed by atoms with E-state index in [-0.39, 0.29) is 17.6 Å². The van der Waals surface area contributed by atoms with Gasteiger partial charge in [0.2, 0.25) is 5.91 Å². The van der Waals surface area contributed by atoms with E-state index in [9.17, 15) is 4.79 Å². The van der Waals surface area contributed by atoms with E-state index in [2.05, 4.69) is 13.8 Å². The fourth-order valence-corrected chi connectivity index (χ4v) is 2.91. The van der Waals surface area contributed by atoms with Crippen molar-refractivity contribution in [2.24, 2.45) is 0 Å². The zero-order valence-corrected chi connectivity index (χ0v) is 13.5. The summed E-state index contributed by atoms with van der Waals surface area (Å²) in [5.41, 5.74) is 0.806. The Morgan fingerprint density at radius 1 is 1.29 bits per heavy atom. The number of hydrogen-bond donors (Lipinski definition) is 0. The van der Waals surface area contributed by atoms with Crippen LogP contribution in [0.5, 0.6) is 0 Å². The highest BCUT2D eigenvalue weighted by molar-refractivity contribution is 5.95. The quantitative estimate of drug-likeness (QED) is 0.854. The molecule has 0 aliphatic carbocycles. The Hall–Kier alpha value is -1.39. The smallest absolute Gasteiger partial charge is 0.241 e. The Bertz CT molecular complexity index is 471. The van der Waals surface area contributed by atoms with Gasteiger partial charge in [0.25, 0.3) is 0 Å². The van der Waals surface area contributed by atoms with Crippen LogP contribution in [0, 0.1) is 0 Å². The van der Waals surface area contributed by atoms with Crippen LogP contribution in [0.15, 0.2) is 30.3 Å². The summed E-state index contributed by atoms with van der Waals surface area (Å²) >= 11 is 0. The number of nitrogens with zero attached hydrogens (tertiary/aromatic N) is 2. The lowest BCUT2D eigenvalue weighted by atomic mass is 9.92. The first kappa shape index (κ1) is 16.0. The lowest BCUT2D eigenvalue weighted by molar-refractivity contribution is -0.121. The summed E-state index contributed by atoms with van der Waals surface area (Å²) in [6.45, 7) is 5.32. The van der Waals surface area contributed by atoms with Gasteiger partial charge in [0.05, 0.1) is 12.1 Å². The van der Waals surface area contributed by atoms with E-state index in [0.29, 0.717) is 13.2 Å². The fourth-order valence-electron chi connectivity index (χ4n) is 2.91. The van der Waals surface area contributed by atoms with Gasteiger partial charge in [0, 0.05) is 18.3 Å². The SMILES string of the molecule is CN(C)CC(=O)N(c1ccccc1)C1CCOC(C)(C)C1. The second-order valence-corrected chi connectivity index (χ2v) is 6.59. The van der Waals surface area contributed by atoms with Crippen LogP contribution < -0.4 is 4.90 Å². The van der Waals surface area contributed by atoms with Crippen LogP contribution in [-0.4, -0.2) is 49.7 Å². The van der Waals surface area contributed by atoms with Crippen LogP contribution in [0.3, 0.4) is 0 Å². The van der Waals surface area contributed by atoms with Crippen LogP contribution >= 0.6 is 0 Å². The zero-order chi connectivity index (χ0) is 15.5. The molecule has 1 fully saturated rings. The standard InChI is InChI=1S/C17H26N2O2/c1-17(2)12-15(10-11-21-17)19(16(20)13-18(3)4)14-8-6-5-7-9-14/h5-9,15H,10-13H2,1-4H3. The van der Waals surface area contributed by atoms with E-state index in [1.165, 1.54) is 0 Å². The topological polar surface area (TPSA) is 32.8 Å². The number of para-hydroxylation sites is 1. The predicted octanol–water partition coefficient (Wildman–Crippen LogP) is 2.54. The first-order valence-electron chi connectivity index (χ1n) is 7.55. The number of amides is 1. The third-order valence-corrected chi connectivity index (χ3v) is 3.79. The van der Waals surface area contributed by atoms with Crippen molar-refractivity contribution < 1.29 is 9.53 Å². The van der Waals surface area contributed by atoms with Crippen molar-refractivity contribution in [3.05, 3.63) is 30.3 Å². The highest BCUT2D eigenvalue weighted by Crippen LogP contribution is 2.30. The van der Waals surface area contributed by atoms with E-state index in [1.54, 1.807) is 0 Å². The average Bonchev–Trinajstić information content (AvgIpc) is 2.38. The van der Waals surface area contributed by atoms with Gasteiger partial charge in [-0.2, -0.15) is 0 Å². The maximum Gasteiger partial charge on any atom is 0.241 e. The number of anilines is 1. The highest BCUT2D eigenvalue weighted by Gasteiger charge is 2.35. The van der Waals surface area contributed by atoms with Gasteiger partial charge in [-0.15, -0.1) is 0 Å². The van der Waals surface area contributed by atoms with Crippen molar-refractivity contribution in [1.29, 1.82) is 0 Å². The average molecular weight is 290 g/mol. The Balaban J connectivity index is 2.25. The van der Waals surface area contributed by atoms with Gasteiger partial charge < -0.3 is 14.5 Å². The Morgan fingerprint density at radius 3 is 2.52 bits per heavy atom. The molecule has 21 heavy (non-hydrogen) atoms. The molecule has 0 radical (unpaired) electrons. The number of likely N-dealkylation sites (N-methyl/N-ethyl adjacent to an activating group) is 1. The maximum atomic E-state index is 12.7. The van der Waals surface area contributed by atoms with Gasteiger partial charge in [0.15, 0.2) is 0 Å². The maximum absolute atomic E-state index is 12.7. The molecule has 1 saturated heterocycles. The van der Waals surface area contributed by atoms with Gasteiger partial charge in [0.1, 0.15) is 0 Å². The molecule has 1 amide bonds.